The van der Waals surface area contributed by atoms with Crippen molar-refractivity contribution in [3.63, 3.8) is 0 Å². The third kappa shape index (κ3) is 3.51. The summed E-state index contributed by atoms with van der Waals surface area (Å²) in [5.74, 6) is -0.847. The molecule has 1 N–H and O–H groups in total. The molecule has 3 heteroatoms. The Morgan fingerprint density at radius 3 is 2.60 bits per heavy atom. The summed E-state index contributed by atoms with van der Waals surface area (Å²) >= 11 is 5.44. The van der Waals surface area contributed by atoms with Crippen molar-refractivity contribution in [3.05, 3.63) is 11.6 Å². The molecule has 0 aliphatic heterocycles. The first kappa shape index (κ1) is 9.50. The van der Waals surface area contributed by atoms with Crippen LogP contribution in [0.25, 0.3) is 0 Å². The van der Waals surface area contributed by atoms with Crippen molar-refractivity contribution in [2.45, 2.75) is 13.8 Å². The molecule has 0 amide bonds. The van der Waals surface area contributed by atoms with Crippen LogP contribution in [0.5, 0.6) is 0 Å². The van der Waals surface area contributed by atoms with Gasteiger partial charge in [0.1, 0.15) is 0 Å². The molecule has 0 radical (unpaired) electrons. The monoisotopic (exact) mass is 162 g/mol. The summed E-state index contributed by atoms with van der Waals surface area (Å²) in [6.07, 6.45) is 1.65. The number of alkyl halides is 1. The molecule has 0 spiro atoms. The lowest BCUT2D eigenvalue weighted by molar-refractivity contribution is -0.139. The number of carboxylic acid groups (broad SMARTS) is 1. The van der Waals surface area contributed by atoms with Crippen molar-refractivity contribution < 1.29 is 9.90 Å². The number of hydrogen-bond acceptors (Lipinski definition) is 1. The fourth-order valence-electron chi connectivity index (χ4n) is 0.543. The average Bonchev–Trinajstić information content (AvgIpc) is 1.87. The molecule has 0 bridgehead atoms. The second-order valence-electron chi connectivity index (χ2n) is 2.27. The van der Waals surface area contributed by atoms with E-state index in [2.05, 4.69) is 0 Å². The lowest BCUT2D eigenvalue weighted by Gasteiger charge is -1.99. The van der Waals surface area contributed by atoms with Crippen molar-refractivity contribution >= 4 is 17.6 Å². The zero-order valence-electron chi connectivity index (χ0n) is 6.10. The maximum Gasteiger partial charge on any atom is 0.310 e. The van der Waals surface area contributed by atoms with Gasteiger partial charge in [0, 0.05) is 5.88 Å². The number of carbonyl (C=O) groups is 1. The molecule has 58 valence electrons. The van der Waals surface area contributed by atoms with Gasteiger partial charge in [-0.15, -0.1) is 11.6 Å². The highest BCUT2D eigenvalue weighted by Gasteiger charge is 2.06. The summed E-state index contributed by atoms with van der Waals surface area (Å²) in [7, 11) is 0. The maximum atomic E-state index is 10.3. The first-order valence-electron chi connectivity index (χ1n) is 3.04. The van der Waals surface area contributed by atoms with Crippen LogP contribution >= 0.6 is 11.6 Å². The Labute approximate surface area is 65.5 Å². The summed E-state index contributed by atoms with van der Waals surface area (Å²) in [5.41, 5.74) is 0.900. The highest BCUT2D eigenvalue weighted by Crippen LogP contribution is 2.03. The quantitative estimate of drug-likeness (QED) is 0.508. The number of rotatable bonds is 3. The van der Waals surface area contributed by atoms with Gasteiger partial charge in [-0.25, -0.2) is 0 Å². The largest absolute Gasteiger partial charge is 0.481 e. The van der Waals surface area contributed by atoms with E-state index in [-0.39, 0.29) is 0 Å². The van der Waals surface area contributed by atoms with Gasteiger partial charge in [-0.05, 0) is 13.8 Å². The molecule has 0 unspecified atom stereocenters. The number of halogens is 1. The highest BCUT2D eigenvalue weighted by atomic mass is 35.5. The van der Waals surface area contributed by atoms with Crippen LogP contribution in [-0.2, 0) is 4.79 Å². The highest BCUT2D eigenvalue weighted by molar-refractivity contribution is 6.19. The minimum absolute atomic E-state index is 0.400. The predicted molar refractivity (Wildman–Crippen MR) is 41.3 cm³/mol. The van der Waals surface area contributed by atoms with E-state index in [1.807, 2.05) is 6.92 Å². The second kappa shape index (κ2) is 4.34. The fourth-order valence-corrected chi connectivity index (χ4v) is 0.632. The Hall–Kier alpha value is -0.500. The van der Waals surface area contributed by atoms with Crippen LogP contribution < -0.4 is 0 Å². The van der Waals surface area contributed by atoms with Crippen molar-refractivity contribution in [1.29, 1.82) is 0 Å². The molecule has 0 aromatic heterocycles. The van der Waals surface area contributed by atoms with Gasteiger partial charge in [0.15, 0.2) is 0 Å². The fraction of sp³-hybridized carbons (Fsp3) is 0.571. The number of allylic oxidation sites excluding steroid dienone is 1. The maximum absolute atomic E-state index is 10.3. The average molecular weight is 163 g/mol. The third-order valence-electron chi connectivity index (χ3n) is 1.13. The van der Waals surface area contributed by atoms with Gasteiger partial charge in [0.2, 0.25) is 0 Å². The predicted octanol–water partition coefficient (Wildman–Crippen LogP) is 1.89. The van der Waals surface area contributed by atoms with Gasteiger partial charge in [-0.3, -0.25) is 4.79 Å². The van der Waals surface area contributed by atoms with Crippen LogP contribution in [0, 0.1) is 5.92 Å². The third-order valence-corrected chi connectivity index (χ3v) is 1.56. The van der Waals surface area contributed by atoms with E-state index in [9.17, 15) is 4.79 Å². The summed E-state index contributed by atoms with van der Waals surface area (Å²) in [5, 5.41) is 8.44. The SMILES string of the molecule is C/C(=C\[C@H](C)C(=O)O)CCl. The Morgan fingerprint density at radius 1 is 1.80 bits per heavy atom. The molecule has 2 nitrogen and oxygen atoms in total. The second-order valence-corrected chi connectivity index (χ2v) is 2.54. The van der Waals surface area contributed by atoms with Crippen molar-refractivity contribution in [1.82, 2.24) is 0 Å². The zero-order chi connectivity index (χ0) is 8.15. The molecule has 0 rings (SSSR count). The molecule has 0 aliphatic rings. The van der Waals surface area contributed by atoms with Crippen LogP contribution in [0.1, 0.15) is 13.8 Å². The van der Waals surface area contributed by atoms with Crippen LogP contribution in [0.4, 0.5) is 0 Å². The lowest BCUT2D eigenvalue weighted by Crippen LogP contribution is -2.06. The first-order chi connectivity index (χ1) is 4.57. The van der Waals surface area contributed by atoms with E-state index in [1.165, 1.54) is 0 Å². The molecular formula is C7H11ClO2. The number of hydrogen-bond donors (Lipinski definition) is 1. The van der Waals surface area contributed by atoms with Gasteiger partial charge >= 0.3 is 5.97 Å². The van der Waals surface area contributed by atoms with E-state index in [1.54, 1.807) is 13.0 Å². The molecule has 1 atom stereocenters. The Morgan fingerprint density at radius 2 is 2.30 bits per heavy atom. The summed E-state index contributed by atoms with van der Waals surface area (Å²) < 4.78 is 0. The molecular weight excluding hydrogens is 152 g/mol. The molecule has 0 heterocycles. The van der Waals surface area contributed by atoms with E-state index >= 15 is 0 Å². The van der Waals surface area contributed by atoms with E-state index < -0.39 is 11.9 Å². The Kier molecular flexibility index (Phi) is 4.12. The van der Waals surface area contributed by atoms with Gasteiger partial charge in [-0.1, -0.05) is 11.6 Å². The van der Waals surface area contributed by atoms with Crippen LogP contribution in [0.15, 0.2) is 11.6 Å². The van der Waals surface area contributed by atoms with E-state index in [0.717, 1.165) is 5.57 Å². The van der Waals surface area contributed by atoms with Crippen LogP contribution in [0.2, 0.25) is 0 Å². The molecule has 0 fully saturated rings. The van der Waals surface area contributed by atoms with E-state index in [0.29, 0.717) is 5.88 Å². The summed E-state index contributed by atoms with van der Waals surface area (Å²) in [6, 6.07) is 0. The normalized spacial score (nSPS) is 14.9. The van der Waals surface area contributed by atoms with Gasteiger partial charge in [0.05, 0.1) is 5.92 Å². The molecule has 0 aliphatic carbocycles. The summed E-state index contributed by atoms with van der Waals surface area (Å²) in [6.45, 7) is 3.44. The first-order valence-corrected chi connectivity index (χ1v) is 3.57. The van der Waals surface area contributed by atoms with Gasteiger partial charge < -0.3 is 5.11 Å². The van der Waals surface area contributed by atoms with E-state index in [4.69, 9.17) is 16.7 Å². The van der Waals surface area contributed by atoms with Gasteiger partial charge in [-0.2, -0.15) is 0 Å². The van der Waals surface area contributed by atoms with Crippen molar-refractivity contribution in [2.24, 2.45) is 5.92 Å². The van der Waals surface area contributed by atoms with Gasteiger partial charge in [0.25, 0.3) is 0 Å². The topological polar surface area (TPSA) is 37.3 Å². The Bertz CT molecular complexity index is 152. The van der Waals surface area contributed by atoms with Crippen LogP contribution in [0.3, 0.4) is 0 Å². The molecule has 0 aromatic rings. The molecule has 0 saturated heterocycles. The standard InChI is InChI=1S/C7H11ClO2/c1-5(4-8)3-6(2)7(9)10/h3,6H,4H2,1-2H3,(H,9,10)/b5-3+/t6-/m0/s1. The zero-order valence-corrected chi connectivity index (χ0v) is 6.85. The minimum Gasteiger partial charge on any atom is -0.481 e. The Balaban J connectivity index is 3.99. The molecule has 10 heavy (non-hydrogen) atoms. The van der Waals surface area contributed by atoms with Crippen LogP contribution in [-0.4, -0.2) is 17.0 Å². The van der Waals surface area contributed by atoms with Crippen molar-refractivity contribution in [2.75, 3.05) is 5.88 Å². The smallest absolute Gasteiger partial charge is 0.310 e. The lowest BCUT2D eigenvalue weighted by atomic mass is 10.1. The molecule has 0 aromatic carbocycles. The number of aliphatic carboxylic acids is 1. The molecule has 0 saturated carbocycles. The van der Waals surface area contributed by atoms with Crippen molar-refractivity contribution in [3.8, 4) is 0 Å². The number of carboxylic acids is 1. The summed E-state index contributed by atoms with van der Waals surface area (Å²) in [4.78, 5) is 10.3. The minimum atomic E-state index is -0.815.